The molecule has 3 rings (SSSR count). The first kappa shape index (κ1) is 17.9. The average molecular weight is 377 g/mol. The van der Waals surface area contributed by atoms with Crippen LogP contribution in [0.25, 0.3) is 16.9 Å². The Bertz CT molecular complexity index is 959. The highest BCUT2D eigenvalue weighted by atomic mass is 35.5. The Morgan fingerprint density at radius 1 is 1.32 bits per heavy atom. The smallest absolute Gasteiger partial charge is 0.174 e. The van der Waals surface area contributed by atoms with Gasteiger partial charge in [0.15, 0.2) is 5.65 Å². The van der Waals surface area contributed by atoms with Crippen LogP contribution in [0.2, 0.25) is 5.02 Å². The van der Waals surface area contributed by atoms with Crippen LogP contribution in [0.5, 0.6) is 0 Å². The van der Waals surface area contributed by atoms with Crippen molar-refractivity contribution >= 4 is 34.9 Å². The third-order valence-electron chi connectivity index (χ3n) is 3.39. The molecule has 4 nitrogen and oxygen atoms in total. The highest BCUT2D eigenvalue weighted by Gasteiger charge is 2.16. The van der Waals surface area contributed by atoms with Gasteiger partial charge in [0, 0.05) is 22.1 Å². The molecule has 0 bridgehead atoms. The Balaban J connectivity index is 2.20. The summed E-state index contributed by atoms with van der Waals surface area (Å²) in [5, 5.41) is 4.66. The third kappa shape index (κ3) is 4.02. The number of hydrogen-bond acceptors (Lipinski definition) is 4. The Labute approximate surface area is 155 Å². The molecule has 0 aliphatic carbocycles. The summed E-state index contributed by atoms with van der Waals surface area (Å²) in [6.45, 7) is 8.19. The minimum atomic E-state index is -0.316. The van der Waals surface area contributed by atoms with E-state index in [-0.39, 0.29) is 10.6 Å². The predicted molar refractivity (Wildman–Crippen MR) is 103 cm³/mol. The van der Waals surface area contributed by atoms with Gasteiger partial charge in [-0.05, 0) is 51.8 Å². The van der Waals surface area contributed by atoms with Crippen molar-refractivity contribution in [1.29, 1.82) is 0 Å². The van der Waals surface area contributed by atoms with Gasteiger partial charge in [-0.25, -0.2) is 18.3 Å². The summed E-state index contributed by atoms with van der Waals surface area (Å²) < 4.78 is 19.9. The minimum Gasteiger partial charge on any atom is -0.226 e. The fourth-order valence-corrected chi connectivity index (χ4v) is 2.94. The van der Waals surface area contributed by atoms with E-state index in [2.05, 4.69) is 35.3 Å². The first-order chi connectivity index (χ1) is 11.7. The van der Waals surface area contributed by atoms with Crippen LogP contribution in [-0.4, -0.2) is 25.1 Å². The Hall–Kier alpha value is -1.92. The lowest BCUT2D eigenvalue weighted by molar-refractivity contribution is 0.628. The van der Waals surface area contributed by atoms with Crippen LogP contribution in [0.15, 0.2) is 41.1 Å². The number of benzene rings is 1. The molecule has 0 atom stereocenters. The zero-order valence-corrected chi connectivity index (χ0v) is 16.0. The van der Waals surface area contributed by atoms with Gasteiger partial charge in [0.1, 0.15) is 10.8 Å². The molecular formula is C18H18ClFN4S. The molecule has 0 saturated carbocycles. The van der Waals surface area contributed by atoms with Gasteiger partial charge in [-0.1, -0.05) is 23.7 Å². The third-order valence-corrected chi connectivity index (χ3v) is 4.57. The van der Waals surface area contributed by atoms with Gasteiger partial charge in [-0.15, -0.1) is 0 Å². The van der Waals surface area contributed by atoms with Crippen LogP contribution >= 0.6 is 23.5 Å². The molecule has 0 N–H and O–H groups in total. The second-order valence-corrected chi connectivity index (χ2v) is 8.65. The molecular weight excluding hydrogens is 359 g/mol. The van der Waals surface area contributed by atoms with Gasteiger partial charge in [0.05, 0.1) is 17.6 Å². The van der Waals surface area contributed by atoms with E-state index in [9.17, 15) is 4.39 Å². The summed E-state index contributed by atoms with van der Waals surface area (Å²) in [6, 6.07) is 6.34. The van der Waals surface area contributed by atoms with Crippen molar-refractivity contribution in [3.63, 3.8) is 0 Å². The maximum atomic E-state index is 13.7. The topological polar surface area (TPSA) is 42.5 Å². The maximum Gasteiger partial charge on any atom is 0.174 e. The van der Waals surface area contributed by atoms with E-state index in [1.54, 1.807) is 16.8 Å². The van der Waals surface area contributed by atoms with Crippen LogP contribution < -0.4 is 0 Å². The Kier molecular flexibility index (Phi) is 4.84. The average Bonchev–Trinajstić information content (AvgIpc) is 2.91. The molecule has 25 heavy (non-hydrogen) atoms. The van der Waals surface area contributed by atoms with Crippen LogP contribution in [0, 0.1) is 5.82 Å². The van der Waals surface area contributed by atoms with E-state index in [4.69, 9.17) is 11.6 Å². The van der Waals surface area contributed by atoms with Crippen molar-refractivity contribution in [2.45, 2.75) is 32.4 Å². The van der Waals surface area contributed by atoms with Crippen molar-refractivity contribution in [1.82, 2.24) is 14.6 Å². The van der Waals surface area contributed by atoms with Crippen LogP contribution in [0.4, 0.5) is 4.39 Å². The molecule has 3 aromatic rings. The molecule has 1 aromatic carbocycles. The minimum absolute atomic E-state index is 0.00713. The standard InChI is InChI=1S/C18H18ClFN4S/c1-11(23-25-18(2,3)4)14-10-24-17(15(19)9-21-24)22-16(14)12-6-5-7-13(20)8-12/h5-10H,1-4H3/b23-11+. The lowest BCUT2D eigenvalue weighted by Gasteiger charge is -2.15. The summed E-state index contributed by atoms with van der Waals surface area (Å²) >= 11 is 7.65. The summed E-state index contributed by atoms with van der Waals surface area (Å²) in [6.07, 6.45) is 3.37. The molecule has 0 aliphatic rings. The lowest BCUT2D eigenvalue weighted by Crippen LogP contribution is -2.08. The Morgan fingerprint density at radius 3 is 2.76 bits per heavy atom. The first-order valence-corrected chi connectivity index (χ1v) is 8.93. The number of aromatic nitrogens is 3. The van der Waals surface area contributed by atoms with Crippen molar-refractivity contribution in [2.75, 3.05) is 0 Å². The van der Waals surface area contributed by atoms with E-state index >= 15 is 0 Å². The van der Waals surface area contributed by atoms with Gasteiger partial charge in [-0.2, -0.15) is 5.10 Å². The number of hydrogen-bond donors (Lipinski definition) is 0. The Morgan fingerprint density at radius 2 is 2.08 bits per heavy atom. The van der Waals surface area contributed by atoms with Gasteiger partial charge >= 0.3 is 0 Å². The molecule has 7 heteroatoms. The molecule has 0 saturated heterocycles. The zero-order valence-electron chi connectivity index (χ0n) is 14.4. The first-order valence-electron chi connectivity index (χ1n) is 7.77. The summed E-state index contributed by atoms with van der Waals surface area (Å²) in [7, 11) is 0. The molecule has 0 radical (unpaired) electrons. The molecule has 2 heterocycles. The molecule has 130 valence electrons. The quantitative estimate of drug-likeness (QED) is 0.451. The number of halogens is 2. The summed E-state index contributed by atoms with van der Waals surface area (Å²) in [5.41, 5.74) is 3.41. The molecule has 0 amide bonds. The van der Waals surface area contributed by atoms with Gasteiger partial charge in [-0.3, -0.25) is 0 Å². The van der Waals surface area contributed by atoms with Gasteiger partial charge in [0.25, 0.3) is 0 Å². The monoisotopic (exact) mass is 376 g/mol. The van der Waals surface area contributed by atoms with E-state index in [1.807, 2.05) is 19.2 Å². The largest absolute Gasteiger partial charge is 0.226 e. The van der Waals surface area contributed by atoms with Crippen molar-refractivity contribution in [3.05, 3.63) is 53.1 Å². The fourth-order valence-electron chi connectivity index (χ4n) is 2.26. The van der Waals surface area contributed by atoms with E-state index in [0.717, 1.165) is 11.3 Å². The van der Waals surface area contributed by atoms with Gasteiger partial charge in [0.2, 0.25) is 0 Å². The normalized spacial score (nSPS) is 12.8. The number of fused-ring (bicyclic) bond motifs is 1. The van der Waals surface area contributed by atoms with E-state index in [0.29, 0.717) is 21.9 Å². The van der Waals surface area contributed by atoms with Crippen LogP contribution in [0.1, 0.15) is 33.3 Å². The highest BCUT2D eigenvalue weighted by Crippen LogP contribution is 2.29. The number of nitrogens with zero attached hydrogens (tertiary/aromatic N) is 4. The lowest BCUT2D eigenvalue weighted by atomic mass is 10.0. The second kappa shape index (κ2) is 6.77. The van der Waals surface area contributed by atoms with Crippen molar-refractivity contribution < 1.29 is 4.39 Å². The van der Waals surface area contributed by atoms with Crippen molar-refractivity contribution in [2.24, 2.45) is 4.40 Å². The molecule has 0 spiro atoms. The van der Waals surface area contributed by atoms with E-state index < -0.39 is 0 Å². The van der Waals surface area contributed by atoms with E-state index in [1.165, 1.54) is 24.1 Å². The summed E-state index contributed by atoms with van der Waals surface area (Å²) in [5.74, 6) is -0.316. The predicted octanol–water partition coefficient (Wildman–Crippen LogP) is 5.44. The highest BCUT2D eigenvalue weighted by molar-refractivity contribution is 7.99. The molecule has 0 unspecified atom stereocenters. The number of rotatable bonds is 3. The molecule has 0 aliphatic heterocycles. The molecule has 0 fully saturated rings. The zero-order chi connectivity index (χ0) is 18.2. The molecule has 2 aromatic heterocycles. The fraction of sp³-hybridized carbons (Fsp3) is 0.278. The second-order valence-electron chi connectivity index (χ2n) is 6.65. The summed E-state index contributed by atoms with van der Waals surface area (Å²) in [4.78, 5) is 4.62. The van der Waals surface area contributed by atoms with Crippen LogP contribution in [-0.2, 0) is 0 Å². The van der Waals surface area contributed by atoms with Crippen molar-refractivity contribution in [3.8, 4) is 11.3 Å². The maximum absolute atomic E-state index is 13.7. The SMILES string of the molecule is C/C(=N\SC(C)(C)C)c1cn2ncc(Cl)c2nc1-c1cccc(F)c1. The van der Waals surface area contributed by atoms with Gasteiger partial charge < -0.3 is 0 Å². The van der Waals surface area contributed by atoms with Crippen LogP contribution in [0.3, 0.4) is 0 Å².